The van der Waals surface area contributed by atoms with Gasteiger partial charge in [0.2, 0.25) is 0 Å². The highest BCUT2D eigenvalue weighted by Crippen LogP contribution is 2.40. The lowest BCUT2D eigenvalue weighted by atomic mass is 9.94. The lowest BCUT2D eigenvalue weighted by Gasteiger charge is -2.32. The number of halogens is 4. The van der Waals surface area contributed by atoms with E-state index >= 15 is 4.39 Å². The van der Waals surface area contributed by atoms with Crippen LogP contribution in [0.25, 0.3) is 0 Å². The Bertz CT molecular complexity index is 1390. The van der Waals surface area contributed by atoms with Gasteiger partial charge in [-0.3, -0.25) is 14.5 Å². The molecule has 2 aliphatic heterocycles. The van der Waals surface area contributed by atoms with E-state index in [9.17, 15) is 27.6 Å². The molecule has 0 atom stereocenters. The maximum atomic E-state index is 15.3. The summed E-state index contributed by atoms with van der Waals surface area (Å²) in [5.41, 5.74) is -3.42. The molecule has 0 N–H and O–H groups in total. The Morgan fingerprint density at radius 3 is 2.36 bits per heavy atom. The van der Waals surface area contributed by atoms with Crippen molar-refractivity contribution in [2.45, 2.75) is 44.8 Å². The predicted molar refractivity (Wildman–Crippen MR) is 139 cm³/mol. The third-order valence-electron chi connectivity index (χ3n) is 7.13. The Morgan fingerprint density at radius 1 is 1.15 bits per heavy atom. The molecule has 0 aromatic heterocycles. The first kappa shape index (κ1) is 28.2. The summed E-state index contributed by atoms with van der Waals surface area (Å²) in [5.74, 6) is -1.79. The Labute approximate surface area is 227 Å². The van der Waals surface area contributed by atoms with Crippen LogP contribution in [0.5, 0.6) is 0 Å². The normalized spacial score (nSPS) is 17.9. The number of thiocarbonyl (C=S) groups is 1. The van der Waals surface area contributed by atoms with Gasteiger partial charge < -0.3 is 14.6 Å². The molecule has 2 heterocycles. The van der Waals surface area contributed by atoms with Gasteiger partial charge in [0.15, 0.2) is 5.11 Å². The minimum Gasteiger partial charge on any atom is -0.339 e. The van der Waals surface area contributed by atoms with E-state index in [0.717, 1.165) is 23.3 Å². The number of hydrogen-bond donors (Lipinski definition) is 0. The molecule has 7 nitrogen and oxygen atoms in total. The number of amides is 2. The average Bonchev–Trinajstić information content (AvgIpc) is 3.06. The highest BCUT2D eigenvalue weighted by atomic mass is 32.1. The summed E-state index contributed by atoms with van der Waals surface area (Å²) in [6.45, 7) is 3.79. The van der Waals surface area contributed by atoms with Crippen molar-refractivity contribution in [2.24, 2.45) is 5.92 Å². The third-order valence-corrected chi connectivity index (χ3v) is 7.49. The predicted octanol–water partition coefficient (Wildman–Crippen LogP) is 5.07. The fraction of sp³-hybridized carbons (Fsp3) is 0.370. The van der Waals surface area contributed by atoms with Gasteiger partial charge >= 0.3 is 6.18 Å². The van der Waals surface area contributed by atoms with Gasteiger partial charge in [0, 0.05) is 25.2 Å². The number of piperidine rings is 1. The van der Waals surface area contributed by atoms with E-state index in [2.05, 4.69) is 0 Å². The van der Waals surface area contributed by atoms with Gasteiger partial charge in [0.05, 0.1) is 28.4 Å². The molecule has 0 saturated carbocycles. The van der Waals surface area contributed by atoms with Crippen molar-refractivity contribution in [1.29, 1.82) is 5.26 Å². The second kappa shape index (κ2) is 10.4. The van der Waals surface area contributed by atoms with E-state index in [4.69, 9.17) is 17.5 Å². The van der Waals surface area contributed by atoms with Crippen LogP contribution in [-0.4, -0.2) is 46.7 Å². The van der Waals surface area contributed by atoms with E-state index in [1.165, 1.54) is 47.9 Å². The van der Waals surface area contributed by atoms with Crippen molar-refractivity contribution in [3.8, 4) is 6.07 Å². The third kappa shape index (κ3) is 5.11. The van der Waals surface area contributed by atoms with Crippen molar-refractivity contribution in [3.63, 3.8) is 0 Å². The maximum Gasteiger partial charge on any atom is 0.417 e. The van der Waals surface area contributed by atoms with Crippen LogP contribution in [-0.2, 0) is 15.8 Å². The van der Waals surface area contributed by atoms with Gasteiger partial charge in [-0.1, -0.05) is 0 Å². The number of aldehydes is 1. The second-order valence-corrected chi connectivity index (χ2v) is 10.3. The fourth-order valence-electron chi connectivity index (χ4n) is 4.95. The lowest BCUT2D eigenvalue weighted by molar-refractivity contribution is -0.137. The summed E-state index contributed by atoms with van der Waals surface area (Å²) in [6.07, 6.45) is -2.27. The molecule has 12 heteroatoms. The maximum absolute atomic E-state index is 15.3. The quantitative estimate of drug-likeness (QED) is 0.288. The van der Waals surface area contributed by atoms with Crippen LogP contribution in [0, 0.1) is 23.1 Å². The van der Waals surface area contributed by atoms with E-state index < -0.39 is 40.5 Å². The Kier molecular flexibility index (Phi) is 7.49. The molecular formula is C27H24F4N4O3S. The molecule has 0 spiro atoms. The Morgan fingerprint density at radius 2 is 1.79 bits per heavy atom. The van der Waals surface area contributed by atoms with Gasteiger partial charge in [-0.05, 0) is 81.2 Å². The van der Waals surface area contributed by atoms with Crippen LogP contribution in [0.4, 0.5) is 28.9 Å². The molecule has 0 unspecified atom stereocenters. The summed E-state index contributed by atoms with van der Waals surface area (Å²) >= 11 is 5.47. The standard InChI is InChI=1S/C27H24F4N4O3S/c1-26(2)24(38)34(18-4-3-17(15-32)21(13-18)27(29,30)31)25(39)35(26)19-5-6-20(22(28)14-19)23(37)33-10-7-16(8-11-33)9-12-36/h3-6,12-14,16H,7-11H2,1-2H3. The number of rotatable bonds is 5. The molecule has 4 rings (SSSR count). The summed E-state index contributed by atoms with van der Waals surface area (Å²) in [5, 5.41) is 8.90. The zero-order valence-corrected chi connectivity index (χ0v) is 21.9. The number of likely N-dealkylation sites (tertiary alicyclic amines) is 1. The van der Waals surface area contributed by atoms with Crippen LogP contribution in [0.1, 0.15) is 54.6 Å². The van der Waals surface area contributed by atoms with Crippen molar-refractivity contribution in [3.05, 3.63) is 58.9 Å². The zero-order chi connectivity index (χ0) is 28.7. The van der Waals surface area contributed by atoms with E-state index in [-0.39, 0.29) is 28.0 Å². The highest BCUT2D eigenvalue weighted by Gasteiger charge is 2.51. The smallest absolute Gasteiger partial charge is 0.339 e. The Balaban J connectivity index is 1.63. The van der Waals surface area contributed by atoms with Crippen molar-refractivity contribution in [2.75, 3.05) is 22.9 Å². The van der Waals surface area contributed by atoms with Gasteiger partial charge in [0.25, 0.3) is 11.8 Å². The average molecular weight is 561 g/mol. The number of carbonyl (C=O) groups is 3. The molecule has 39 heavy (non-hydrogen) atoms. The van der Waals surface area contributed by atoms with Crippen molar-refractivity contribution < 1.29 is 31.9 Å². The molecule has 0 aliphatic carbocycles. The first-order chi connectivity index (χ1) is 18.3. The second-order valence-electron chi connectivity index (χ2n) is 9.96. The first-order valence-electron chi connectivity index (χ1n) is 12.1. The number of nitriles is 1. The number of benzene rings is 2. The largest absolute Gasteiger partial charge is 0.417 e. The van der Waals surface area contributed by atoms with Crippen LogP contribution >= 0.6 is 12.2 Å². The summed E-state index contributed by atoms with van der Waals surface area (Å²) < 4.78 is 55.9. The van der Waals surface area contributed by atoms with Gasteiger partial charge in [-0.15, -0.1) is 0 Å². The summed E-state index contributed by atoms with van der Waals surface area (Å²) in [6, 6.07) is 8.12. The molecule has 0 radical (unpaired) electrons. The van der Waals surface area contributed by atoms with Crippen LogP contribution < -0.4 is 9.80 Å². The van der Waals surface area contributed by atoms with Crippen LogP contribution in [0.3, 0.4) is 0 Å². The molecule has 2 aromatic carbocycles. The molecule has 0 bridgehead atoms. The fourth-order valence-corrected chi connectivity index (χ4v) is 5.48. The molecule has 204 valence electrons. The molecule has 2 amide bonds. The number of alkyl halides is 3. The SMILES string of the molecule is CC1(C)C(=O)N(c2ccc(C#N)c(C(F)(F)F)c2)C(=S)N1c1ccc(C(=O)N2CCC(CC=O)CC2)c(F)c1. The monoisotopic (exact) mass is 560 g/mol. The number of hydrogen-bond acceptors (Lipinski definition) is 5. The van der Waals surface area contributed by atoms with Crippen LogP contribution in [0.2, 0.25) is 0 Å². The molecular weight excluding hydrogens is 536 g/mol. The molecule has 2 aromatic rings. The zero-order valence-electron chi connectivity index (χ0n) is 21.1. The topological polar surface area (TPSA) is 84.7 Å². The minimum absolute atomic E-state index is 0.143. The van der Waals surface area contributed by atoms with Gasteiger partial charge in [0.1, 0.15) is 17.6 Å². The number of anilines is 2. The first-order valence-corrected chi connectivity index (χ1v) is 12.5. The van der Waals surface area contributed by atoms with Crippen molar-refractivity contribution in [1.82, 2.24) is 4.90 Å². The molecule has 2 fully saturated rings. The van der Waals surface area contributed by atoms with E-state index in [1.807, 2.05) is 0 Å². The summed E-state index contributed by atoms with van der Waals surface area (Å²) in [7, 11) is 0. The van der Waals surface area contributed by atoms with Gasteiger partial charge in [-0.2, -0.15) is 18.4 Å². The number of nitrogens with zero attached hydrogens (tertiary/aromatic N) is 4. The lowest BCUT2D eigenvalue weighted by Crippen LogP contribution is -2.44. The number of carbonyl (C=O) groups excluding carboxylic acids is 3. The minimum atomic E-state index is -4.84. The van der Waals surface area contributed by atoms with E-state index in [0.29, 0.717) is 38.4 Å². The Hall–Kier alpha value is -3.85. The van der Waals surface area contributed by atoms with Crippen molar-refractivity contribution >= 4 is 46.8 Å². The molecule has 2 aliphatic rings. The highest BCUT2D eigenvalue weighted by molar-refractivity contribution is 7.81. The van der Waals surface area contributed by atoms with Crippen LogP contribution in [0.15, 0.2) is 36.4 Å². The van der Waals surface area contributed by atoms with E-state index in [1.54, 1.807) is 0 Å². The molecule has 2 saturated heterocycles. The van der Waals surface area contributed by atoms with Gasteiger partial charge in [-0.25, -0.2) is 4.39 Å². The summed E-state index contributed by atoms with van der Waals surface area (Å²) in [4.78, 5) is 40.8.